The van der Waals surface area contributed by atoms with Crippen LogP contribution in [0, 0.1) is 11.3 Å². The Kier molecular flexibility index (Phi) is 3.83. The molecule has 0 heterocycles. The van der Waals surface area contributed by atoms with Crippen LogP contribution < -0.4 is 0 Å². The fraction of sp³-hybridized carbons (Fsp3) is 0.286. The third kappa shape index (κ3) is 2.32. The average Bonchev–Trinajstić information content (AvgIpc) is 2.73. The van der Waals surface area contributed by atoms with Crippen LogP contribution in [0.3, 0.4) is 0 Å². The number of ether oxygens (including phenoxy) is 1. The summed E-state index contributed by atoms with van der Waals surface area (Å²) in [6.07, 6.45) is 1.57. The number of esters is 1. The first-order valence-corrected chi connectivity index (χ1v) is 6.55. The number of hydrogen-bond donors (Lipinski definition) is 0. The van der Waals surface area contributed by atoms with Gasteiger partial charge in [0.15, 0.2) is 0 Å². The van der Waals surface area contributed by atoms with Crippen LogP contribution in [0.15, 0.2) is 28.2 Å². The van der Waals surface area contributed by atoms with E-state index in [1.165, 1.54) is 0 Å². The van der Waals surface area contributed by atoms with Gasteiger partial charge >= 0.3 is 5.97 Å². The number of carbonyl (C=O) groups is 1. The van der Waals surface area contributed by atoms with E-state index in [0.717, 1.165) is 27.6 Å². The highest BCUT2D eigenvalue weighted by molar-refractivity contribution is 9.10. The third-order valence-corrected chi connectivity index (χ3v) is 3.42. The van der Waals surface area contributed by atoms with Gasteiger partial charge in [0.2, 0.25) is 0 Å². The van der Waals surface area contributed by atoms with Gasteiger partial charge in [0, 0.05) is 4.47 Å². The van der Waals surface area contributed by atoms with Crippen LogP contribution in [0.1, 0.15) is 24.5 Å². The standard InChI is InChI=1S/C14H12BrNO2/c1-2-18-14(17)13(8-16)12-5-3-9-7-10(15)4-6-11(9)12/h4,6-7H,2-3,5H2,1H3/b13-12+. The van der Waals surface area contributed by atoms with Crippen molar-refractivity contribution in [3.63, 3.8) is 0 Å². The van der Waals surface area contributed by atoms with Crippen LogP contribution >= 0.6 is 15.9 Å². The van der Waals surface area contributed by atoms with E-state index >= 15 is 0 Å². The molecule has 1 aliphatic carbocycles. The Morgan fingerprint density at radius 1 is 1.50 bits per heavy atom. The highest BCUT2D eigenvalue weighted by atomic mass is 79.9. The molecule has 1 aromatic carbocycles. The summed E-state index contributed by atoms with van der Waals surface area (Å²) in [5, 5.41) is 9.15. The fourth-order valence-electron chi connectivity index (χ4n) is 2.16. The molecule has 0 saturated carbocycles. The van der Waals surface area contributed by atoms with Crippen molar-refractivity contribution < 1.29 is 9.53 Å². The number of carbonyl (C=O) groups excluding carboxylic acids is 1. The van der Waals surface area contributed by atoms with Crippen LogP contribution in [-0.4, -0.2) is 12.6 Å². The monoisotopic (exact) mass is 305 g/mol. The van der Waals surface area contributed by atoms with E-state index in [1.807, 2.05) is 24.3 Å². The van der Waals surface area contributed by atoms with E-state index < -0.39 is 5.97 Å². The van der Waals surface area contributed by atoms with Crippen LogP contribution in [0.5, 0.6) is 0 Å². The Hall–Kier alpha value is -1.60. The Bertz CT molecular complexity index is 570. The summed E-state index contributed by atoms with van der Waals surface area (Å²) < 4.78 is 5.93. The molecule has 0 fully saturated rings. The zero-order valence-electron chi connectivity index (χ0n) is 10.00. The first-order valence-electron chi connectivity index (χ1n) is 5.76. The second kappa shape index (κ2) is 5.36. The lowest BCUT2D eigenvalue weighted by Crippen LogP contribution is -2.08. The molecule has 0 atom stereocenters. The molecule has 0 bridgehead atoms. The van der Waals surface area contributed by atoms with E-state index in [4.69, 9.17) is 10.00 Å². The van der Waals surface area contributed by atoms with Crippen molar-refractivity contribution in [3.8, 4) is 6.07 Å². The van der Waals surface area contributed by atoms with Gasteiger partial charge in [-0.05, 0) is 48.6 Å². The first kappa shape index (κ1) is 12.8. The normalized spacial score (nSPS) is 15.8. The zero-order valence-corrected chi connectivity index (χ0v) is 11.6. The largest absolute Gasteiger partial charge is 0.462 e. The fourth-order valence-corrected chi connectivity index (χ4v) is 2.57. The lowest BCUT2D eigenvalue weighted by molar-refractivity contribution is -0.137. The summed E-state index contributed by atoms with van der Waals surface area (Å²) in [4.78, 5) is 11.7. The van der Waals surface area contributed by atoms with Crippen LogP contribution in [0.4, 0.5) is 0 Å². The molecule has 0 spiro atoms. The van der Waals surface area contributed by atoms with Gasteiger partial charge in [-0.1, -0.05) is 22.0 Å². The molecule has 0 unspecified atom stereocenters. The first-order chi connectivity index (χ1) is 8.67. The Morgan fingerprint density at radius 3 is 2.94 bits per heavy atom. The lowest BCUT2D eigenvalue weighted by atomic mass is 10.0. The van der Waals surface area contributed by atoms with E-state index in [2.05, 4.69) is 15.9 Å². The Labute approximate surface area is 114 Å². The van der Waals surface area contributed by atoms with Crippen molar-refractivity contribution in [1.29, 1.82) is 5.26 Å². The van der Waals surface area contributed by atoms with Gasteiger partial charge < -0.3 is 4.74 Å². The van der Waals surface area contributed by atoms with Gasteiger partial charge in [0.1, 0.15) is 11.6 Å². The molecule has 0 N–H and O–H groups in total. The number of hydrogen-bond acceptors (Lipinski definition) is 3. The van der Waals surface area contributed by atoms with Gasteiger partial charge in [-0.3, -0.25) is 0 Å². The third-order valence-electron chi connectivity index (χ3n) is 2.93. The molecule has 0 aromatic heterocycles. The molecule has 92 valence electrons. The quantitative estimate of drug-likeness (QED) is 0.479. The Morgan fingerprint density at radius 2 is 2.28 bits per heavy atom. The van der Waals surface area contributed by atoms with Crippen molar-refractivity contribution in [2.45, 2.75) is 19.8 Å². The number of nitriles is 1. The second-order valence-corrected chi connectivity index (χ2v) is 4.90. The summed E-state index contributed by atoms with van der Waals surface area (Å²) in [6.45, 7) is 2.02. The van der Waals surface area contributed by atoms with Gasteiger partial charge in [0.25, 0.3) is 0 Å². The number of nitrogens with zero attached hydrogens (tertiary/aromatic N) is 1. The van der Waals surface area contributed by atoms with E-state index in [1.54, 1.807) is 6.92 Å². The molecule has 3 nitrogen and oxygen atoms in total. The summed E-state index contributed by atoms with van der Waals surface area (Å²) in [7, 11) is 0. The van der Waals surface area contributed by atoms with Crippen LogP contribution in [0.25, 0.3) is 5.57 Å². The SMILES string of the molecule is CCOC(=O)/C(C#N)=C1\CCc2cc(Br)ccc21. The van der Waals surface area contributed by atoms with E-state index in [9.17, 15) is 4.79 Å². The van der Waals surface area contributed by atoms with Gasteiger partial charge in [-0.15, -0.1) is 0 Å². The maximum Gasteiger partial charge on any atom is 0.349 e. The van der Waals surface area contributed by atoms with Crippen LogP contribution in [-0.2, 0) is 16.0 Å². The van der Waals surface area contributed by atoms with Crippen molar-refractivity contribution >= 4 is 27.5 Å². The molecule has 4 heteroatoms. The van der Waals surface area contributed by atoms with Gasteiger partial charge in [-0.25, -0.2) is 4.79 Å². The molecular formula is C14H12BrNO2. The van der Waals surface area contributed by atoms with E-state index in [-0.39, 0.29) is 12.2 Å². The molecule has 0 aliphatic heterocycles. The maximum absolute atomic E-state index is 11.7. The smallest absolute Gasteiger partial charge is 0.349 e. The lowest BCUT2D eigenvalue weighted by Gasteiger charge is -2.05. The van der Waals surface area contributed by atoms with Crippen molar-refractivity contribution in [1.82, 2.24) is 0 Å². The molecule has 0 amide bonds. The Balaban J connectivity index is 2.48. The summed E-state index contributed by atoms with van der Waals surface area (Å²) in [6, 6.07) is 7.87. The molecular weight excluding hydrogens is 294 g/mol. The number of rotatable bonds is 2. The molecule has 0 radical (unpaired) electrons. The summed E-state index contributed by atoms with van der Waals surface area (Å²) in [5.74, 6) is -0.522. The minimum atomic E-state index is -0.522. The van der Waals surface area contributed by atoms with Gasteiger partial charge in [0.05, 0.1) is 6.61 Å². The van der Waals surface area contributed by atoms with Crippen molar-refractivity contribution in [3.05, 3.63) is 39.4 Å². The highest BCUT2D eigenvalue weighted by Crippen LogP contribution is 2.36. The highest BCUT2D eigenvalue weighted by Gasteiger charge is 2.24. The molecule has 0 saturated heterocycles. The zero-order chi connectivity index (χ0) is 13.1. The van der Waals surface area contributed by atoms with Crippen molar-refractivity contribution in [2.24, 2.45) is 0 Å². The number of aryl methyl sites for hydroxylation is 1. The predicted molar refractivity (Wildman–Crippen MR) is 71.6 cm³/mol. The topological polar surface area (TPSA) is 50.1 Å². The van der Waals surface area contributed by atoms with Crippen molar-refractivity contribution in [2.75, 3.05) is 6.61 Å². The molecule has 2 rings (SSSR count). The van der Waals surface area contributed by atoms with E-state index in [0.29, 0.717) is 6.42 Å². The van der Waals surface area contributed by atoms with Crippen LogP contribution in [0.2, 0.25) is 0 Å². The molecule has 1 aliphatic rings. The van der Waals surface area contributed by atoms with Gasteiger partial charge in [-0.2, -0.15) is 5.26 Å². The average molecular weight is 306 g/mol. The number of benzene rings is 1. The number of allylic oxidation sites excluding steroid dienone is 1. The number of halogens is 1. The molecule has 1 aromatic rings. The molecule has 18 heavy (non-hydrogen) atoms. The number of fused-ring (bicyclic) bond motifs is 1. The summed E-state index contributed by atoms with van der Waals surface area (Å²) >= 11 is 3.42. The second-order valence-electron chi connectivity index (χ2n) is 3.99. The maximum atomic E-state index is 11.7. The minimum absolute atomic E-state index is 0.137. The predicted octanol–water partition coefficient (Wildman–Crippen LogP) is 3.24. The summed E-state index contributed by atoms with van der Waals surface area (Å²) in [5.41, 5.74) is 3.09. The minimum Gasteiger partial charge on any atom is -0.462 e.